The van der Waals surface area contributed by atoms with Crippen molar-refractivity contribution in [1.29, 1.82) is 0 Å². The predicted molar refractivity (Wildman–Crippen MR) is 147 cm³/mol. The number of hydrogen-bond donors (Lipinski definition) is 2. The lowest BCUT2D eigenvalue weighted by atomic mass is 10.0. The van der Waals surface area contributed by atoms with Crippen molar-refractivity contribution in [3.05, 3.63) is 66.6 Å². The molecule has 3 aromatic heterocycles. The minimum absolute atomic E-state index is 0.0575. The van der Waals surface area contributed by atoms with E-state index in [9.17, 15) is 9.00 Å². The summed E-state index contributed by atoms with van der Waals surface area (Å²) in [4.78, 5) is 28.2. The summed E-state index contributed by atoms with van der Waals surface area (Å²) < 4.78 is 15.7. The minimum Gasteiger partial charge on any atom is -0.328 e. The summed E-state index contributed by atoms with van der Waals surface area (Å²) in [6.07, 6.45) is 7.08. The van der Waals surface area contributed by atoms with Crippen molar-refractivity contribution in [2.45, 2.75) is 25.9 Å². The molecule has 1 atom stereocenters. The Bertz CT molecular complexity index is 1470. The average molecular weight is 519 g/mol. The van der Waals surface area contributed by atoms with Crippen LogP contribution in [-0.4, -0.2) is 61.6 Å². The van der Waals surface area contributed by atoms with Gasteiger partial charge < -0.3 is 20.1 Å². The topological polar surface area (TPSA) is 108 Å². The first-order valence-electron chi connectivity index (χ1n) is 12.0. The number of nitrogens with one attached hydrogen (secondary N) is 2. The molecule has 2 N–H and O–H groups in total. The first kappa shape index (κ1) is 24.8. The van der Waals surface area contributed by atoms with Crippen LogP contribution in [0.2, 0.25) is 0 Å². The summed E-state index contributed by atoms with van der Waals surface area (Å²) in [7, 11) is 0.586. The number of benzene rings is 1. The van der Waals surface area contributed by atoms with Gasteiger partial charge in [-0.3, -0.25) is 9.10 Å². The standard InChI is InChI=1S/C26H30N8O2S/c1-26(2)24(35)34(15-13-29-26)21-9-7-20(8-10-21)30-25-28-16-18-11-14-33(23(18)31-25)17-19-6-5-12-27-22(19)32(3)37(4)36/h5-12,14,16,29H,13,15,17H2,1-4H3,(H,28,30,31). The van der Waals surface area contributed by atoms with Gasteiger partial charge in [0.1, 0.15) is 22.5 Å². The van der Waals surface area contributed by atoms with Crippen LogP contribution in [0, 0.1) is 0 Å². The lowest BCUT2D eigenvalue weighted by Crippen LogP contribution is -2.61. The fraction of sp³-hybridized carbons (Fsp3) is 0.308. The fourth-order valence-corrected chi connectivity index (χ4v) is 4.80. The van der Waals surface area contributed by atoms with Crippen molar-refractivity contribution >= 4 is 51.1 Å². The van der Waals surface area contributed by atoms with Gasteiger partial charge in [-0.25, -0.2) is 14.2 Å². The number of carbonyl (C=O) groups excluding carboxylic acids is 1. The van der Waals surface area contributed by atoms with Crippen LogP contribution in [0.3, 0.4) is 0 Å². The van der Waals surface area contributed by atoms with E-state index in [1.165, 1.54) is 0 Å². The lowest BCUT2D eigenvalue weighted by molar-refractivity contribution is -0.124. The van der Waals surface area contributed by atoms with Crippen LogP contribution in [-0.2, 0) is 22.3 Å². The second-order valence-corrected chi connectivity index (χ2v) is 10.9. The molecule has 37 heavy (non-hydrogen) atoms. The van der Waals surface area contributed by atoms with Gasteiger partial charge in [0.15, 0.2) is 0 Å². The normalized spacial score (nSPS) is 16.1. The molecule has 0 spiro atoms. The highest BCUT2D eigenvalue weighted by molar-refractivity contribution is 7.85. The zero-order valence-corrected chi connectivity index (χ0v) is 22.1. The molecule has 4 aromatic rings. The maximum absolute atomic E-state index is 12.8. The quantitative estimate of drug-likeness (QED) is 0.387. The Kier molecular flexibility index (Phi) is 6.65. The number of anilines is 4. The molecule has 10 nitrogen and oxygen atoms in total. The van der Waals surface area contributed by atoms with E-state index in [0.29, 0.717) is 24.9 Å². The fourth-order valence-electron chi connectivity index (χ4n) is 4.40. The molecule has 1 aliphatic rings. The van der Waals surface area contributed by atoms with Gasteiger partial charge in [0.2, 0.25) is 11.9 Å². The molecule has 1 aromatic carbocycles. The highest BCUT2D eigenvalue weighted by Crippen LogP contribution is 2.25. The van der Waals surface area contributed by atoms with Crippen LogP contribution in [0.25, 0.3) is 11.0 Å². The number of pyridine rings is 1. The van der Waals surface area contributed by atoms with E-state index in [0.717, 1.165) is 34.5 Å². The number of aromatic nitrogens is 4. The van der Waals surface area contributed by atoms with Crippen LogP contribution in [0.15, 0.2) is 61.1 Å². The van der Waals surface area contributed by atoms with Gasteiger partial charge in [-0.15, -0.1) is 0 Å². The Balaban J connectivity index is 1.36. The van der Waals surface area contributed by atoms with Gasteiger partial charge in [-0.05, 0) is 50.2 Å². The largest absolute Gasteiger partial charge is 0.328 e. The summed E-state index contributed by atoms with van der Waals surface area (Å²) >= 11 is 0. The Morgan fingerprint density at radius 2 is 1.95 bits per heavy atom. The smallest absolute Gasteiger partial charge is 0.246 e. The molecular formula is C26H30N8O2S. The van der Waals surface area contributed by atoms with E-state index in [2.05, 4.69) is 20.6 Å². The molecule has 1 amide bonds. The highest BCUT2D eigenvalue weighted by Gasteiger charge is 2.35. The molecule has 5 rings (SSSR count). The zero-order valence-electron chi connectivity index (χ0n) is 21.3. The maximum Gasteiger partial charge on any atom is 0.246 e. The van der Waals surface area contributed by atoms with Crippen molar-refractivity contribution in [2.24, 2.45) is 0 Å². The number of carbonyl (C=O) groups is 1. The highest BCUT2D eigenvalue weighted by atomic mass is 32.2. The third-order valence-corrected chi connectivity index (χ3v) is 7.46. The van der Waals surface area contributed by atoms with E-state index in [4.69, 9.17) is 4.98 Å². The van der Waals surface area contributed by atoms with Crippen molar-refractivity contribution in [2.75, 3.05) is 40.9 Å². The Hall–Kier alpha value is -3.83. The summed E-state index contributed by atoms with van der Waals surface area (Å²) in [6.45, 7) is 5.71. The SMILES string of the molecule is CN(c1ncccc1Cn1ccc2cnc(Nc3ccc(N4CCNC(C)(C)C4=O)cc3)nc21)S(C)=O. The van der Waals surface area contributed by atoms with Crippen LogP contribution in [0.5, 0.6) is 0 Å². The van der Waals surface area contributed by atoms with Gasteiger partial charge in [0.25, 0.3) is 0 Å². The van der Waals surface area contributed by atoms with E-state index in [1.807, 2.05) is 72.0 Å². The third kappa shape index (κ3) is 5.05. The summed E-state index contributed by atoms with van der Waals surface area (Å²) in [5.41, 5.74) is 2.82. The lowest BCUT2D eigenvalue weighted by Gasteiger charge is -2.38. The molecule has 0 saturated carbocycles. The van der Waals surface area contributed by atoms with Gasteiger partial charge in [-0.2, -0.15) is 4.98 Å². The Labute approximate surface area is 218 Å². The minimum atomic E-state index is -1.18. The number of amides is 1. The summed E-state index contributed by atoms with van der Waals surface area (Å²) in [6, 6.07) is 13.5. The molecule has 11 heteroatoms. The zero-order chi connectivity index (χ0) is 26.2. The van der Waals surface area contributed by atoms with E-state index in [1.54, 1.807) is 30.0 Å². The van der Waals surface area contributed by atoms with E-state index < -0.39 is 16.5 Å². The van der Waals surface area contributed by atoms with E-state index in [-0.39, 0.29) is 5.91 Å². The van der Waals surface area contributed by atoms with Gasteiger partial charge in [-0.1, -0.05) is 6.07 Å². The van der Waals surface area contributed by atoms with Crippen molar-refractivity contribution in [1.82, 2.24) is 24.8 Å². The molecule has 1 fully saturated rings. The predicted octanol–water partition coefficient (Wildman–Crippen LogP) is 3.06. The van der Waals surface area contributed by atoms with Gasteiger partial charge in [0.05, 0.1) is 12.1 Å². The number of fused-ring (bicyclic) bond motifs is 1. The molecule has 1 saturated heterocycles. The molecule has 0 radical (unpaired) electrons. The second-order valence-electron chi connectivity index (χ2n) is 9.50. The Morgan fingerprint density at radius 3 is 2.70 bits per heavy atom. The number of hydrogen-bond acceptors (Lipinski definition) is 7. The van der Waals surface area contributed by atoms with Crippen molar-refractivity contribution in [3.8, 4) is 0 Å². The molecule has 1 aliphatic heterocycles. The molecule has 4 heterocycles. The van der Waals surface area contributed by atoms with Gasteiger partial charge >= 0.3 is 0 Å². The summed E-state index contributed by atoms with van der Waals surface area (Å²) in [5.74, 6) is 1.20. The maximum atomic E-state index is 12.8. The van der Waals surface area contributed by atoms with Crippen LogP contribution in [0.4, 0.5) is 23.1 Å². The molecule has 0 aliphatic carbocycles. The Morgan fingerprint density at radius 1 is 1.16 bits per heavy atom. The molecular weight excluding hydrogens is 488 g/mol. The van der Waals surface area contributed by atoms with Crippen molar-refractivity contribution < 1.29 is 9.00 Å². The van der Waals surface area contributed by atoms with Crippen LogP contribution < -0.4 is 19.8 Å². The summed E-state index contributed by atoms with van der Waals surface area (Å²) in [5, 5.41) is 7.44. The number of nitrogens with zero attached hydrogens (tertiary/aromatic N) is 6. The third-order valence-electron chi connectivity index (χ3n) is 6.51. The average Bonchev–Trinajstić information content (AvgIpc) is 3.28. The monoisotopic (exact) mass is 518 g/mol. The van der Waals surface area contributed by atoms with Gasteiger partial charge in [0, 0.05) is 67.3 Å². The van der Waals surface area contributed by atoms with Crippen molar-refractivity contribution in [3.63, 3.8) is 0 Å². The van der Waals surface area contributed by atoms with Crippen LogP contribution in [0.1, 0.15) is 19.4 Å². The molecule has 192 valence electrons. The number of rotatable bonds is 7. The van der Waals surface area contributed by atoms with Crippen LogP contribution >= 0.6 is 0 Å². The molecule has 1 unspecified atom stereocenters. The van der Waals surface area contributed by atoms with E-state index >= 15 is 0 Å². The number of piperazine rings is 1. The first-order valence-corrected chi connectivity index (χ1v) is 13.5. The second kappa shape index (κ2) is 9.91. The first-order chi connectivity index (χ1) is 17.7. The molecule has 0 bridgehead atoms.